The van der Waals surface area contributed by atoms with E-state index in [2.05, 4.69) is 20.7 Å². The average molecular weight is 470 g/mol. The number of hydrogen-bond donors (Lipinski definition) is 2. The van der Waals surface area contributed by atoms with Crippen LogP contribution in [0.4, 0.5) is 5.69 Å². The first-order chi connectivity index (χ1) is 15.7. The lowest BCUT2D eigenvalue weighted by molar-refractivity contribution is 0.0976. The van der Waals surface area contributed by atoms with Gasteiger partial charge in [0.2, 0.25) is 5.96 Å². The molecule has 0 atom stereocenters. The van der Waals surface area contributed by atoms with Crippen molar-refractivity contribution in [3.05, 3.63) is 69.5 Å². The number of amides is 1. The summed E-state index contributed by atoms with van der Waals surface area (Å²) in [6.07, 6.45) is 0. The molecule has 33 heavy (non-hydrogen) atoms. The molecule has 0 aliphatic rings. The van der Waals surface area contributed by atoms with Gasteiger partial charge in [0.15, 0.2) is 11.5 Å². The zero-order chi connectivity index (χ0) is 24.1. The maximum atomic E-state index is 13.0. The van der Waals surface area contributed by atoms with Crippen LogP contribution in [0, 0.1) is 20.8 Å². The highest BCUT2D eigenvalue weighted by molar-refractivity contribution is 6.30. The van der Waals surface area contributed by atoms with Crippen molar-refractivity contribution in [2.45, 2.75) is 27.3 Å². The summed E-state index contributed by atoms with van der Waals surface area (Å²) in [6, 6.07) is 10.4. The van der Waals surface area contributed by atoms with Crippen molar-refractivity contribution in [2.75, 3.05) is 19.5 Å². The number of anilines is 1. The second-order valence-electron chi connectivity index (χ2n) is 7.55. The Morgan fingerprint density at radius 2 is 1.82 bits per heavy atom. The van der Waals surface area contributed by atoms with Gasteiger partial charge in [0, 0.05) is 34.6 Å². The lowest BCUT2D eigenvalue weighted by Gasteiger charge is -2.15. The molecule has 0 fully saturated rings. The standard InChI is InChI=1S/C24H28ClN5O3/c1-14-11-18(25)8-9-20(14)27-24(26-13-19-15(2)29-30(4)16(19)3)28-23(31)17-7-10-21(32-5)22(12-17)33-6/h7-12H,13H2,1-6H3,(H2,26,27,28,31). The Balaban J connectivity index is 1.91. The molecule has 0 saturated carbocycles. The van der Waals surface area contributed by atoms with E-state index in [1.165, 1.54) is 7.11 Å². The van der Waals surface area contributed by atoms with Gasteiger partial charge in [-0.3, -0.25) is 14.8 Å². The second-order valence-corrected chi connectivity index (χ2v) is 7.98. The molecule has 174 valence electrons. The molecule has 2 aromatic carbocycles. The van der Waals surface area contributed by atoms with Crippen molar-refractivity contribution in [3.8, 4) is 11.5 Å². The van der Waals surface area contributed by atoms with Crippen molar-refractivity contribution in [2.24, 2.45) is 12.0 Å². The number of guanidine groups is 1. The summed E-state index contributed by atoms with van der Waals surface area (Å²) in [5.41, 5.74) is 5.03. The van der Waals surface area contributed by atoms with E-state index in [4.69, 9.17) is 21.1 Å². The molecule has 1 amide bonds. The Bertz CT molecular complexity index is 1200. The summed E-state index contributed by atoms with van der Waals surface area (Å²) in [5, 5.41) is 11.2. The summed E-state index contributed by atoms with van der Waals surface area (Å²) < 4.78 is 12.4. The number of ether oxygens (including phenoxy) is 2. The number of carbonyl (C=O) groups excluding carboxylic acids is 1. The number of rotatable bonds is 6. The minimum atomic E-state index is -0.339. The van der Waals surface area contributed by atoms with E-state index >= 15 is 0 Å². The Morgan fingerprint density at radius 3 is 2.42 bits per heavy atom. The number of aryl methyl sites for hydroxylation is 3. The van der Waals surface area contributed by atoms with E-state index in [0.717, 1.165) is 28.2 Å². The number of hydrogen-bond acceptors (Lipinski definition) is 5. The average Bonchev–Trinajstić information content (AvgIpc) is 3.03. The normalized spacial score (nSPS) is 11.3. The van der Waals surface area contributed by atoms with Gasteiger partial charge >= 0.3 is 0 Å². The number of carbonyl (C=O) groups is 1. The molecule has 0 saturated heterocycles. The molecule has 0 spiro atoms. The monoisotopic (exact) mass is 469 g/mol. The largest absolute Gasteiger partial charge is 0.493 e. The fourth-order valence-corrected chi connectivity index (χ4v) is 3.59. The summed E-state index contributed by atoms with van der Waals surface area (Å²) >= 11 is 6.09. The fraction of sp³-hybridized carbons (Fsp3) is 0.292. The predicted octanol–water partition coefficient (Wildman–Crippen LogP) is 4.41. The van der Waals surface area contributed by atoms with Crippen molar-refractivity contribution < 1.29 is 14.3 Å². The van der Waals surface area contributed by atoms with Gasteiger partial charge in [-0.15, -0.1) is 0 Å². The number of benzene rings is 2. The Kier molecular flexibility index (Phi) is 7.60. The molecule has 1 aromatic heterocycles. The highest BCUT2D eigenvalue weighted by Gasteiger charge is 2.15. The van der Waals surface area contributed by atoms with Crippen molar-refractivity contribution in [1.82, 2.24) is 15.1 Å². The third-order valence-electron chi connectivity index (χ3n) is 5.37. The molecule has 0 radical (unpaired) electrons. The SMILES string of the molecule is COc1ccc(C(=O)NC(=NCc2c(C)nn(C)c2C)Nc2ccc(Cl)cc2C)cc1OC. The minimum absolute atomic E-state index is 0.308. The lowest BCUT2D eigenvalue weighted by atomic mass is 10.2. The molecule has 3 aromatic rings. The number of nitrogens with one attached hydrogen (secondary N) is 2. The predicted molar refractivity (Wildman–Crippen MR) is 131 cm³/mol. The zero-order valence-electron chi connectivity index (χ0n) is 19.6. The van der Waals surface area contributed by atoms with Gasteiger partial charge in [0.25, 0.3) is 5.91 Å². The van der Waals surface area contributed by atoms with Crippen LogP contribution in [0.2, 0.25) is 5.02 Å². The molecule has 0 aliphatic heterocycles. The van der Waals surface area contributed by atoms with E-state index in [0.29, 0.717) is 34.6 Å². The van der Waals surface area contributed by atoms with Crippen LogP contribution >= 0.6 is 11.6 Å². The van der Waals surface area contributed by atoms with Crippen LogP contribution in [0.15, 0.2) is 41.4 Å². The molecule has 9 heteroatoms. The lowest BCUT2D eigenvalue weighted by Crippen LogP contribution is -2.36. The maximum Gasteiger partial charge on any atom is 0.258 e. The summed E-state index contributed by atoms with van der Waals surface area (Å²) in [6.45, 7) is 6.21. The van der Waals surface area contributed by atoms with Gasteiger partial charge in [0.1, 0.15) is 0 Å². The zero-order valence-corrected chi connectivity index (χ0v) is 20.4. The highest BCUT2D eigenvalue weighted by Crippen LogP contribution is 2.27. The molecule has 0 aliphatic carbocycles. The van der Waals surface area contributed by atoms with Gasteiger partial charge in [-0.1, -0.05) is 11.6 Å². The third-order valence-corrected chi connectivity index (χ3v) is 5.61. The molecule has 3 rings (SSSR count). The van der Waals surface area contributed by atoms with Crippen LogP contribution in [0.25, 0.3) is 0 Å². The van der Waals surface area contributed by atoms with Crippen molar-refractivity contribution in [1.29, 1.82) is 0 Å². The first-order valence-corrected chi connectivity index (χ1v) is 10.7. The number of nitrogens with zero attached hydrogens (tertiary/aromatic N) is 3. The Hall–Kier alpha value is -3.52. The first-order valence-electron chi connectivity index (χ1n) is 10.3. The molecule has 8 nitrogen and oxygen atoms in total. The van der Waals surface area contributed by atoms with Crippen LogP contribution in [0.3, 0.4) is 0 Å². The summed E-state index contributed by atoms with van der Waals surface area (Å²) in [5.74, 6) is 0.975. The minimum Gasteiger partial charge on any atom is -0.493 e. The van der Waals surface area contributed by atoms with Crippen LogP contribution in [0.5, 0.6) is 11.5 Å². The van der Waals surface area contributed by atoms with Crippen LogP contribution in [0.1, 0.15) is 32.9 Å². The molecule has 0 unspecified atom stereocenters. The van der Waals surface area contributed by atoms with Crippen LogP contribution in [-0.2, 0) is 13.6 Å². The Morgan fingerprint density at radius 1 is 1.09 bits per heavy atom. The maximum absolute atomic E-state index is 13.0. The van der Waals surface area contributed by atoms with Crippen molar-refractivity contribution >= 4 is 29.2 Å². The Labute approximate surface area is 198 Å². The topological polar surface area (TPSA) is 89.8 Å². The summed E-state index contributed by atoms with van der Waals surface area (Å²) in [7, 11) is 4.96. The van der Waals surface area contributed by atoms with Crippen molar-refractivity contribution in [3.63, 3.8) is 0 Å². The van der Waals surface area contributed by atoms with E-state index in [-0.39, 0.29) is 5.91 Å². The number of aromatic nitrogens is 2. The van der Waals surface area contributed by atoms with Crippen LogP contribution < -0.4 is 20.1 Å². The van der Waals surface area contributed by atoms with E-state index in [1.54, 1.807) is 31.4 Å². The molecule has 1 heterocycles. The molecular weight excluding hydrogens is 442 g/mol. The van der Waals surface area contributed by atoms with E-state index in [1.807, 2.05) is 44.6 Å². The second kappa shape index (κ2) is 10.4. The highest BCUT2D eigenvalue weighted by atomic mass is 35.5. The van der Waals surface area contributed by atoms with Gasteiger partial charge in [-0.05, 0) is 62.7 Å². The van der Waals surface area contributed by atoms with Gasteiger partial charge in [0.05, 0.1) is 26.5 Å². The number of aliphatic imine (C=N–C) groups is 1. The van der Waals surface area contributed by atoms with Gasteiger partial charge < -0.3 is 14.8 Å². The summed E-state index contributed by atoms with van der Waals surface area (Å²) in [4.78, 5) is 17.7. The first kappa shape index (κ1) is 24.1. The molecule has 2 N–H and O–H groups in total. The number of methoxy groups -OCH3 is 2. The van der Waals surface area contributed by atoms with E-state index < -0.39 is 0 Å². The third kappa shape index (κ3) is 5.64. The molecule has 0 bridgehead atoms. The smallest absolute Gasteiger partial charge is 0.258 e. The quantitative estimate of drug-likeness (QED) is 0.412. The van der Waals surface area contributed by atoms with E-state index in [9.17, 15) is 4.79 Å². The fourth-order valence-electron chi connectivity index (χ4n) is 3.37. The number of halogens is 1. The van der Waals surface area contributed by atoms with Gasteiger partial charge in [-0.2, -0.15) is 5.10 Å². The van der Waals surface area contributed by atoms with Gasteiger partial charge in [-0.25, -0.2) is 4.99 Å². The molecular formula is C24H28ClN5O3. The van der Waals surface area contributed by atoms with Crippen LogP contribution in [-0.4, -0.2) is 35.9 Å².